The number of carbonyl (C=O) groups excluding carboxylic acids is 1. The van der Waals surface area contributed by atoms with Gasteiger partial charge in [0.15, 0.2) is 5.82 Å². The third-order valence-corrected chi connectivity index (χ3v) is 6.05. The van der Waals surface area contributed by atoms with E-state index in [0.29, 0.717) is 34.6 Å². The quantitative estimate of drug-likeness (QED) is 0.413. The van der Waals surface area contributed by atoms with Crippen molar-refractivity contribution in [3.05, 3.63) is 53.7 Å². The van der Waals surface area contributed by atoms with E-state index < -0.39 is 0 Å². The van der Waals surface area contributed by atoms with Crippen LogP contribution in [0.2, 0.25) is 5.02 Å². The molecule has 0 atom stereocenters. The highest BCUT2D eigenvalue weighted by molar-refractivity contribution is 6.33. The lowest BCUT2D eigenvalue weighted by Crippen LogP contribution is -2.44. The van der Waals surface area contributed by atoms with Crippen LogP contribution in [-0.2, 0) is 4.79 Å². The summed E-state index contributed by atoms with van der Waals surface area (Å²) in [4.78, 5) is 25.2. The van der Waals surface area contributed by atoms with Gasteiger partial charge >= 0.3 is 0 Å². The monoisotopic (exact) mass is 495 g/mol. The lowest BCUT2D eigenvalue weighted by Gasteiger charge is -2.34. The summed E-state index contributed by atoms with van der Waals surface area (Å²) in [7, 11) is 3.79. The van der Waals surface area contributed by atoms with E-state index in [1.165, 1.54) is 6.20 Å². The van der Waals surface area contributed by atoms with E-state index in [0.717, 1.165) is 43.2 Å². The number of hydrogen-bond donors (Lipinski definition) is 3. The topological polar surface area (TPSA) is 94.6 Å². The van der Waals surface area contributed by atoms with Crippen LogP contribution >= 0.6 is 11.6 Å². The average Bonchev–Trinajstić information content (AvgIpc) is 2.87. The zero-order valence-corrected chi connectivity index (χ0v) is 20.9. The van der Waals surface area contributed by atoms with Crippen molar-refractivity contribution in [1.82, 2.24) is 14.9 Å². The van der Waals surface area contributed by atoms with E-state index in [-0.39, 0.29) is 5.91 Å². The number of rotatable bonds is 8. The minimum atomic E-state index is -0.0519. The largest absolute Gasteiger partial charge is 0.494 e. The number of hydrogen-bond acceptors (Lipinski definition) is 8. The molecule has 10 heteroatoms. The smallest absolute Gasteiger partial charge is 0.229 e. The molecule has 3 N–H and O–H groups in total. The molecule has 3 aromatic rings. The Morgan fingerprint density at radius 2 is 1.86 bits per heavy atom. The molecule has 1 aliphatic rings. The molecule has 35 heavy (non-hydrogen) atoms. The Morgan fingerprint density at radius 1 is 1.09 bits per heavy atom. The number of anilines is 6. The second-order valence-electron chi connectivity index (χ2n) is 8.30. The number of methoxy groups -OCH3 is 1. The fraction of sp³-hybridized carbons (Fsp3) is 0.320. The highest BCUT2D eigenvalue weighted by Gasteiger charge is 2.17. The molecule has 184 valence electrons. The number of carbonyl (C=O) groups is 1. The van der Waals surface area contributed by atoms with Gasteiger partial charge in [-0.05, 0) is 37.4 Å². The molecule has 1 aliphatic heterocycles. The molecule has 1 fully saturated rings. The van der Waals surface area contributed by atoms with Crippen LogP contribution in [0.4, 0.5) is 34.5 Å². The molecule has 0 bridgehead atoms. The average molecular weight is 496 g/mol. The summed E-state index contributed by atoms with van der Waals surface area (Å²) in [6, 6.07) is 13.4. The Kier molecular flexibility index (Phi) is 7.89. The number of aromatic nitrogens is 2. The molecular formula is C25H30ClN7O2. The number of nitrogens with one attached hydrogen (secondary N) is 3. The van der Waals surface area contributed by atoms with Gasteiger partial charge in [-0.25, -0.2) is 4.98 Å². The number of benzene rings is 2. The maximum Gasteiger partial charge on any atom is 0.229 e. The Hall–Kier alpha value is -3.56. The van der Waals surface area contributed by atoms with E-state index in [2.05, 4.69) is 48.8 Å². The summed E-state index contributed by atoms with van der Waals surface area (Å²) in [5.74, 6) is 1.46. The number of nitrogens with zero attached hydrogens (tertiary/aromatic N) is 4. The molecule has 2 aromatic carbocycles. The van der Waals surface area contributed by atoms with Crippen molar-refractivity contribution in [2.45, 2.75) is 13.3 Å². The van der Waals surface area contributed by atoms with Crippen LogP contribution in [0, 0.1) is 0 Å². The fourth-order valence-electron chi connectivity index (χ4n) is 3.74. The summed E-state index contributed by atoms with van der Waals surface area (Å²) in [5.41, 5.74) is 3.30. The Balaban J connectivity index is 1.50. The third kappa shape index (κ3) is 6.32. The van der Waals surface area contributed by atoms with Crippen LogP contribution in [-0.4, -0.2) is 61.1 Å². The van der Waals surface area contributed by atoms with Crippen molar-refractivity contribution in [2.75, 3.05) is 61.2 Å². The van der Waals surface area contributed by atoms with Gasteiger partial charge in [0, 0.05) is 55.7 Å². The van der Waals surface area contributed by atoms with Gasteiger partial charge in [-0.3, -0.25) is 4.79 Å². The number of halogens is 1. The Labute approximate surface area is 210 Å². The van der Waals surface area contributed by atoms with Gasteiger partial charge in [0.05, 0.1) is 19.0 Å². The first-order valence-electron chi connectivity index (χ1n) is 11.5. The highest BCUT2D eigenvalue weighted by atomic mass is 35.5. The van der Waals surface area contributed by atoms with Crippen LogP contribution < -0.4 is 25.6 Å². The van der Waals surface area contributed by atoms with Crippen molar-refractivity contribution >= 4 is 52.0 Å². The van der Waals surface area contributed by atoms with Crippen LogP contribution in [0.5, 0.6) is 5.75 Å². The second kappa shape index (κ2) is 11.2. The highest BCUT2D eigenvalue weighted by Crippen LogP contribution is 2.34. The molecule has 2 heterocycles. The summed E-state index contributed by atoms with van der Waals surface area (Å²) in [6.45, 7) is 5.82. The SMILES string of the molecule is CCC(=O)Nc1cccc(Nc2ncc(Cl)c(Nc3ccc(N4CCN(C)CC4)cc3OC)n2)c1. The summed E-state index contributed by atoms with van der Waals surface area (Å²) < 4.78 is 5.65. The lowest BCUT2D eigenvalue weighted by atomic mass is 10.2. The van der Waals surface area contributed by atoms with Crippen molar-refractivity contribution in [3.8, 4) is 5.75 Å². The van der Waals surface area contributed by atoms with Crippen LogP contribution in [0.25, 0.3) is 0 Å². The van der Waals surface area contributed by atoms with Gasteiger partial charge in [-0.1, -0.05) is 24.6 Å². The van der Waals surface area contributed by atoms with Gasteiger partial charge in [-0.2, -0.15) is 4.98 Å². The Bertz CT molecular complexity index is 1180. The molecule has 1 amide bonds. The molecule has 0 saturated carbocycles. The minimum absolute atomic E-state index is 0.0519. The maximum absolute atomic E-state index is 11.7. The molecule has 1 aromatic heterocycles. The number of piperazine rings is 1. The number of amides is 1. The first-order valence-corrected chi connectivity index (χ1v) is 11.9. The van der Waals surface area contributed by atoms with Crippen molar-refractivity contribution in [3.63, 3.8) is 0 Å². The molecule has 1 saturated heterocycles. The van der Waals surface area contributed by atoms with E-state index in [4.69, 9.17) is 16.3 Å². The van der Waals surface area contributed by atoms with Gasteiger partial charge in [0.2, 0.25) is 11.9 Å². The molecule has 0 unspecified atom stereocenters. The fourth-order valence-corrected chi connectivity index (χ4v) is 3.88. The van der Waals surface area contributed by atoms with Crippen LogP contribution in [0.1, 0.15) is 13.3 Å². The number of likely N-dealkylation sites (N-methyl/N-ethyl adjacent to an activating group) is 1. The molecule has 4 rings (SSSR count). The van der Waals surface area contributed by atoms with Gasteiger partial charge < -0.3 is 30.5 Å². The standard InChI is InChI=1S/C25H30ClN7O2/c1-4-23(34)28-17-6-5-7-18(14-17)29-25-27-16-20(26)24(31-25)30-21-9-8-19(15-22(21)35-3)33-12-10-32(2)11-13-33/h5-9,14-16H,4,10-13H2,1-3H3,(H,28,34)(H2,27,29,30,31). The molecular weight excluding hydrogens is 466 g/mol. The van der Waals surface area contributed by atoms with E-state index in [9.17, 15) is 4.79 Å². The minimum Gasteiger partial charge on any atom is -0.494 e. The summed E-state index contributed by atoms with van der Waals surface area (Å²) in [5, 5.41) is 9.65. The zero-order valence-electron chi connectivity index (χ0n) is 20.1. The van der Waals surface area contributed by atoms with E-state index in [1.807, 2.05) is 43.3 Å². The molecule has 0 aliphatic carbocycles. The lowest BCUT2D eigenvalue weighted by molar-refractivity contribution is -0.115. The maximum atomic E-state index is 11.7. The predicted octanol–water partition coefficient (Wildman–Crippen LogP) is 4.73. The van der Waals surface area contributed by atoms with Gasteiger partial charge in [0.25, 0.3) is 0 Å². The number of ether oxygens (including phenoxy) is 1. The van der Waals surface area contributed by atoms with Crippen LogP contribution in [0.3, 0.4) is 0 Å². The molecule has 0 spiro atoms. The van der Waals surface area contributed by atoms with Crippen LogP contribution in [0.15, 0.2) is 48.7 Å². The van der Waals surface area contributed by atoms with Crippen molar-refractivity contribution < 1.29 is 9.53 Å². The van der Waals surface area contributed by atoms with Gasteiger partial charge in [0.1, 0.15) is 10.8 Å². The third-order valence-electron chi connectivity index (χ3n) is 5.77. The molecule has 0 radical (unpaired) electrons. The molecule has 9 nitrogen and oxygen atoms in total. The normalized spacial score (nSPS) is 13.9. The summed E-state index contributed by atoms with van der Waals surface area (Å²) >= 11 is 6.39. The first-order chi connectivity index (χ1) is 16.9. The summed E-state index contributed by atoms with van der Waals surface area (Å²) in [6.07, 6.45) is 1.94. The second-order valence-corrected chi connectivity index (χ2v) is 8.70. The van der Waals surface area contributed by atoms with E-state index >= 15 is 0 Å². The first kappa shape index (κ1) is 24.6. The predicted molar refractivity (Wildman–Crippen MR) is 142 cm³/mol. The Morgan fingerprint density at radius 3 is 2.60 bits per heavy atom. The van der Waals surface area contributed by atoms with Crippen molar-refractivity contribution in [2.24, 2.45) is 0 Å². The van der Waals surface area contributed by atoms with E-state index in [1.54, 1.807) is 7.11 Å². The van der Waals surface area contributed by atoms with Crippen molar-refractivity contribution in [1.29, 1.82) is 0 Å². The zero-order chi connectivity index (χ0) is 24.8. The van der Waals surface area contributed by atoms with Gasteiger partial charge in [-0.15, -0.1) is 0 Å².